The number of esters is 1. The first-order valence-corrected chi connectivity index (χ1v) is 11.7. The first-order chi connectivity index (χ1) is 14.7. The predicted octanol–water partition coefficient (Wildman–Crippen LogP) is 6.21. The number of nitrogens with zero attached hydrogens (tertiary/aromatic N) is 2. The van der Waals surface area contributed by atoms with Crippen molar-refractivity contribution in [3.8, 4) is 17.0 Å². The number of hydrogen-bond acceptors (Lipinski definition) is 4. The number of aromatic nitrogens is 2. The van der Waals surface area contributed by atoms with Gasteiger partial charge in [0, 0.05) is 22.3 Å². The van der Waals surface area contributed by atoms with Crippen LogP contribution in [-0.4, -0.2) is 21.4 Å². The fourth-order valence-electron chi connectivity index (χ4n) is 4.32. The van der Waals surface area contributed by atoms with Crippen molar-refractivity contribution >= 4 is 33.4 Å². The second kappa shape index (κ2) is 8.42. The summed E-state index contributed by atoms with van der Waals surface area (Å²) in [6, 6.07) is 12.2. The Morgan fingerprint density at radius 2 is 1.77 bits per heavy atom. The van der Waals surface area contributed by atoms with E-state index in [9.17, 15) is 4.79 Å². The van der Waals surface area contributed by atoms with Gasteiger partial charge in [-0.2, -0.15) is 0 Å². The van der Waals surface area contributed by atoms with E-state index in [1.165, 1.54) is 32.1 Å². The van der Waals surface area contributed by atoms with Gasteiger partial charge in [-0.05, 0) is 78.0 Å². The lowest BCUT2D eigenvalue weighted by Gasteiger charge is -2.24. The van der Waals surface area contributed by atoms with E-state index in [0.717, 1.165) is 46.5 Å². The number of hydrogen-bond donors (Lipinski definition) is 1. The van der Waals surface area contributed by atoms with E-state index in [2.05, 4.69) is 31.8 Å². The zero-order chi connectivity index (χ0) is 20.5. The monoisotopic (exact) mass is 467 g/mol. The molecule has 0 bridgehead atoms. The lowest BCUT2D eigenvalue weighted by atomic mass is 9.86. The average Bonchev–Trinajstić information content (AvgIpc) is 3.05. The summed E-state index contributed by atoms with van der Waals surface area (Å²) in [5.74, 6) is 1.60. The number of ether oxygens (including phenoxy) is 1. The van der Waals surface area contributed by atoms with Gasteiger partial charge in [0.2, 0.25) is 0 Å². The zero-order valence-electron chi connectivity index (χ0n) is 16.9. The molecule has 2 aliphatic carbocycles. The summed E-state index contributed by atoms with van der Waals surface area (Å²) in [6.07, 6.45) is 11.3. The minimum atomic E-state index is -0.105. The molecule has 2 heterocycles. The van der Waals surface area contributed by atoms with Gasteiger partial charge in [0.15, 0.2) is 0 Å². The second-order valence-corrected chi connectivity index (χ2v) is 9.35. The highest BCUT2D eigenvalue weighted by Crippen LogP contribution is 2.34. The van der Waals surface area contributed by atoms with Crippen molar-refractivity contribution in [3.05, 3.63) is 47.1 Å². The topological polar surface area (TPSA) is 55.6 Å². The molecule has 1 aromatic carbocycles. The SMILES string of the molecule is O=C(Oc1ccc(-c2nc3ccc(Br)cn3c2NC2CCCCC2)cc1)C1CCC1. The Kier molecular flexibility index (Phi) is 5.50. The number of rotatable bonds is 5. The molecule has 156 valence electrons. The maximum Gasteiger partial charge on any atom is 0.314 e. The molecule has 5 rings (SSSR count). The van der Waals surface area contributed by atoms with Crippen LogP contribution in [0, 0.1) is 5.92 Å². The van der Waals surface area contributed by atoms with Gasteiger partial charge in [-0.1, -0.05) is 25.7 Å². The van der Waals surface area contributed by atoms with Gasteiger partial charge in [-0.25, -0.2) is 4.98 Å². The van der Waals surface area contributed by atoms with Gasteiger partial charge >= 0.3 is 5.97 Å². The van der Waals surface area contributed by atoms with Gasteiger partial charge in [0.1, 0.15) is 22.9 Å². The molecule has 0 saturated heterocycles. The fourth-order valence-corrected chi connectivity index (χ4v) is 4.66. The minimum absolute atomic E-state index is 0.0767. The third-order valence-electron chi connectivity index (χ3n) is 6.31. The number of anilines is 1. The average molecular weight is 468 g/mol. The Hall–Kier alpha value is -2.34. The van der Waals surface area contributed by atoms with Crippen LogP contribution in [0.2, 0.25) is 0 Å². The van der Waals surface area contributed by atoms with Crippen molar-refractivity contribution in [1.82, 2.24) is 9.38 Å². The van der Waals surface area contributed by atoms with Crippen LogP contribution < -0.4 is 10.1 Å². The summed E-state index contributed by atoms with van der Waals surface area (Å²) >= 11 is 3.59. The molecular weight excluding hydrogens is 442 g/mol. The quantitative estimate of drug-likeness (QED) is 0.357. The molecule has 2 aromatic heterocycles. The normalized spacial score (nSPS) is 17.6. The maximum absolute atomic E-state index is 12.1. The number of fused-ring (bicyclic) bond motifs is 1. The first kappa shape index (κ1) is 19.6. The Balaban J connectivity index is 1.45. The predicted molar refractivity (Wildman–Crippen MR) is 122 cm³/mol. The molecule has 3 aromatic rings. The van der Waals surface area contributed by atoms with Crippen molar-refractivity contribution < 1.29 is 9.53 Å². The van der Waals surface area contributed by atoms with E-state index in [-0.39, 0.29) is 11.9 Å². The van der Waals surface area contributed by atoms with E-state index in [1.54, 1.807) is 0 Å². The zero-order valence-corrected chi connectivity index (χ0v) is 18.5. The van der Waals surface area contributed by atoms with Gasteiger partial charge in [0.05, 0.1) is 5.92 Å². The number of imidazole rings is 1. The number of nitrogens with one attached hydrogen (secondary N) is 1. The largest absolute Gasteiger partial charge is 0.426 e. The Labute approximate surface area is 185 Å². The second-order valence-electron chi connectivity index (χ2n) is 8.44. The molecule has 0 spiro atoms. The summed E-state index contributed by atoms with van der Waals surface area (Å²) in [5, 5.41) is 3.77. The van der Waals surface area contributed by atoms with Crippen molar-refractivity contribution in [2.75, 3.05) is 5.32 Å². The number of halogens is 1. The molecule has 2 saturated carbocycles. The molecule has 0 radical (unpaired) electrons. The van der Waals surface area contributed by atoms with Crippen LogP contribution >= 0.6 is 15.9 Å². The maximum atomic E-state index is 12.1. The highest BCUT2D eigenvalue weighted by atomic mass is 79.9. The summed E-state index contributed by atoms with van der Waals surface area (Å²) in [6.45, 7) is 0. The summed E-state index contributed by atoms with van der Waals surface area (Å²) < 4.78 is 8.69. The molecule has 2 aliphatic rings. The summed E-state index contributed by atoms with van der Waals surface area (Å²) in [5.41, 5.74) is 2.85. The summed E-state index contributed by atoms with van der Waals surface area (Å²) in [7, 11) is 0. The van der Waals surface area contributed by atoms with Gasteiger partial charge in [-0.15, -0.1) is 0 Å². The molecule has 30 heavy (non-hydrogen) atoms. The highest BCUT2D eigenvalue weighted by Gasteiger charge is 2.27. The molecule has 6 heteroatoms. The third kappa shape index (κ3) is 3.97. The molecule has 0 unspecified atom stereocenters. The molecule has 0 amide bonds. The van der Waals surface area contributed by atoms with E-state index in [1.807, 2.05) is 36.4 Å². The van der Waals surface area contributed by atoms with Crippen molar-refractivity contribution in [1.29, 1.82) is 0 Å². The van der Waals surface area contributed by atoms with Crippen molar-refractivity contribution in [2.24, 2.45) is 5.92 Å². The molecule has 1 N–H and O–H groups in total. The van der Waals surface area contributed by atoms with E-state index in [4.69, 9.17) is 9.72 Å². The van der Waals surface area contributed by atoms with Gasteiger partial charge in [0.25, 0.3) is 0 Å². The molecule has 0 aliphatic heterocycles. The Morgan fingerprint density at radius 1 is 1.00 bits per heavy atom. The van der Waals surface area contributed by atoms with Crippen LogP contribution in [0.4, 0.5) is 5.82 Å². The standard InChI is InChI=1S/C24H26BrN3O2/c25-18-11-14-21-27-22(23(28(21)15-18)26-19-7-2-1-3-8-19)16-9-12-20(13-10-16)30-24(29)17-5-4-6-17/h9-15,17,19,26H,1-8H2. The van der Waals surface area contributed by atoms with Crippen LogP contribution in [0.5, 0.6) is 5.75 Å². The molecule has 5 nitrogen and oxygen atoms in total. The van der Waals surface area contributed by atoms with E-state index < -0.39 is 0 Å². The minimum Gasteiger partial charge on any atom is -0.426 e. The van der Waals surface area contributed by atoms with E-state index >= 15 is 0 Å². The highest BCUT2D eigenvalue weighted by molar-refractivity contribution is 9.10. The van der Waals surface area contributed by atoms with Crippen LogP contribution in [0.1, 0.15) is 51.4 Å². The van der Waals surface area contributed by atoms with Crippen LogP contribution in [-0.2, 0) is 4.79 Å². The Bertz CT molecular complexity index is 1050. The molecule has 0 atom stereocenters. The third-order valence-corrected chi connectivity index (χ3v) is 6.78. The first-order valence-electron chi connectivity index (χ1n) is 10.9. The molecule has 2 fully saturated rings. The van der Waals surface area contributed by atoms with E-state index in [0.29, 0.717) is 11.8 Å². The van der Waals surface area contributed by atoms with Crippen molar-refractivity contribution in [2.45, 2.75) is 57.4 Å². The van der Waals surface area contributed by atoms with Gasteiger partial charge in [-0.3, -0.25) is 9.20 Å². The molecular formula is C24H26BrN3O2. The lowest BCUT2D eigenvalue weighted by molar-refractivity contribution is -0.141. The number of pyridine rings is 1. The number of benzene rings is 1. The Morgan fingerprint density at radius 3 is 2.47 bits per heavy atom. The van der Waals surface area contributed by atoms with Gasteiger partial charge < -0.3 is 10.1 Å². The number of carbonyl (C=O) groups excluding carboxylic acids is 1. The smallest absolute Gasteiger partial charge is 0.314 e. The summed E-state index contributed by atoms with van der Waals surface area (Å²) in [4.78, 5) is 17.0. The fraction of sp³-hybridized carbons (Fsp3) is 0.417. The van der Waals surface area contributed by atoms with Crippen LogP contribution in [0.3, 0.4) is 0 Å². The van der Waals surface area contributed by atoms with Crippen LogP contribution in [0.25, 0.3) is 16.9 Å². The number of carbonyl (C=O) groups is 1. The lowest BCUT2D eigenvalue weighted by Crippen LogP contribution is -2.26. The van der Waals surface area contributed by atoms with Crippen LogP contribution in [0.15, 0.2) is 47.1 Å². The van der Waals surface area contributed by atoms with Crippen molar-refractivity contribution in [3.63, 3.8) is 0 Å².